The van der Waals surface area contributed by atoms with Crippen molar-refractivity contribution in [1.82, 2.24) is 14.8 Å². The number of methoxy groups -OCH3 is 1. The molecule has 0 N–H and O–H groups in total. The highest BCUT2D eigenvalue weighted by Gasteiger charge is 2.11. The molecule has 0 fully saturated rings. The van der Waals surface area contributed by atoms with Crippen molar-refractivity contribution in [2.75, 3.05) is 7.11 Å². The van der Waals surface area contributed by atoms with Crippen molar-refractivity contribution in [2.45, 2.75) is 0 Å². The number of carbonyl (C=O) groups excluding carboxylic acids is 1. The summed E-state index contributed by atoms with van der Waals surface area (Å²) in [6.45, 7) is 0. The Kier molecular flexibility index (Phi) is 3.70. The molecule has 0 bridgehead atoms. The quantitative estimate of drug-likeness (QED) is 0.694. The monoisotopic (exact) mass is 293 g/mol. The van der Waals surface area contributed by atoms with Crippen LogP contribution in [0.5, 0.6) is 5.75 Å². The van der Waals surface area contributed by atoms with Gasteiger partial charge in [-0.1, -0.05) is 18.2 Å². The molecule has 0 radical (unpaired) electrons. The molecular weight excluding hydrogens is 278 g/mol. The van der Waals surface area contributed by atoms with E-state index < -0.39 is 0 Å². The molecule has 110 valence electrons. The second kappa shape index (κ2) is 5.81. The number of benzene rings is 2. The Morgan fingerprint density at radius 3 is 2.55 bits per heavy atom. The third-order valence-corrected chi connectivity index (χ3v) is 3.39. The highest BCUT2D eigenvalue weighted by molar-refractivity contribution is 5.78. The van der Waals surface area contributed by atoms with Gasteiger partial charge in [-0.25, -0.2) is 9.67 Å². The second-order valence-corrected chi connectivity index (χ2v) is 4.85. The molecule has 22 heavy (non-hydrogen) atoms. The van der Waals surface area contributed by atoms with Crippen molar-refractivity contribution in [3.8, 4) is 28.5 Å². The van der Waals surface area contributed by atoms with E-state index in [1.807, 2.05) is 43.4 Å². The van der Waals surface area contributed by atoms with Crippen LogP contribution >= 0.6 is 0 Å². The van der Waals surface area contributed by atoms with Crippen LogP contribution in [0.2, 0.25) is 0 Å². The van der Waals surface area contributed by atoms with Gasteiger partial charge >= 0.3 is 0 Å². The first-order chi connectivity index (χ1) is 10.7. The number of aryl methyl sites for hydroxylation is 1. The molecule has 5 nitrogen and oxygen atoms in total. The molecule has 0 unspecified atom stereocenters. The lowest BCUT2D eigenvalue weighted by Crippen LogP contribution is -1.95. The standard InChI is InChI=1S/C17H15N3O2/c1-20-17(14-5-3-4-12(10-14)11-21)18-16(19-20)13-6-8-15(22-2)9-7-13/h3-11H,1-2H3. The van der Waals surface area contributed by atoms with Gasteiger partial charge in [0.2, 0.25) is 0 Å². The lowest BCUT2D eigenvalue weighted by Gasteiger charge is -2.00. The zero-order chi connectivity index (χ0) is 15.5. The summed E-state index contributed by atoms with van der Waals surface area (Å²) in [6, 6.07) is 14.9. The number of hydrogen-bond acceptors (Lipinski definition) is 4. The van der Waals surface area contributed by atoms with Gasteiger partial charge in [-0.15, -0.1) is 0 Å². The number of rotatable bonds is 4. The highest BCUT2D eigenvalue weighted by atomic mass is 16.5. The molecular formula is C17H15N3O2. The zero-order valence-corrected chi connectivity index (χ0v) is 12.4. The van der Waals surface area contributed by atoms with Crippen LogP contribution in [-0.4, -0.2) is 28.2 Å². The predicted octanol–water partition coefficient (Wildman–Crippen LogP) is 2.97. The summed E-state index contributed by atoms with van der Waals surface area (Å²) in [5, 5.41) is 4.44. The van der Waals surface area contributed by atoms with Crippen molar-refractivity contribution in [3.63, 3.8) is 0 Å². The van der Waals surface area contributed by atoms with Gasteiger partial charge in [-0.05, 0) is 30.3 Å². The normalized spacial score (nSPS) is 10.5. The van der Waals surface area contributed by atoms with E-state index in [0.717, 1.165) is 29.0 Å². The van der Waals surface area contributed by atoms with Crippen LogP contribution in [0, 0.1) is 0 Å². The lowest BCUT2D eigenvalue weighted by molar-refractivity contribution is 0.112. The highest BCUT2D eigenvalue weighted by Crippen LogP contribution is 2.23. The molecule has 3 aromatic rings. The Morgan fingerprint density at radius 2 is 1.86 bits per heavy atom. The minimum Gasteiger partial charge on any atom is -0.497 e. The number of hydrogen-bond donors (Lipinski definition) is 0. The second-order valence-electron chi connectivity index (χ2n) is 4.85. The van der Waals surface area contributed by atoms with E-state index >= 15 is 0 Å². The van der Waals surface area contributed by atoms with Crippen LogP contribution in [0.4, 0.5) is 0 Å². The van der Waals surface area contributed by atoms with E-state index in [-0.39, 0.29) is 0 Å². The molecule has 5 heteroatoms. The number of ether oxygens (including phenoxy) is 1. The Morgan fingerprint density at radius 1 is 1.09 bits per heavy atom. The molecule has 0 saturated carbocycles. The summed E-state index contributed by atoms with van der Waals surface area (Å²) in [4.78, 5) is 15.5. The van der Waals surface area contributed by atoms with E-state index in [9.17, 15) is 4.79 Å². The molecule has 0 amide bonds. The van der Waals surface area contributed by atoms with Crippen LogP contribution in [-0.2, 0) is 7.05 Å². The van der Waals surface area contributed by atoms with Gasteiger partial charge in [-0.2, -0.15) is 5.10 Å². The van der Waals surface area contributed by atoms with Crippen LogP contribution < -0.4 is 4.74 Å². The first kappa shape index (κ1) is 14.0. The Bertz CT molecular complexity index is 807. The van der Waals surface area contributed by atoms with E-state index in [0.29, 0.717) is 11.4 Å². The smallest absolute Gasteiger partial charge is 0.181 e. The van der Waals surface area contributed by atoms with E-state index in [2.05, 4.69) is 10.1 Å². The molecule has 0 aliphatic carbocycles. The van der Waals surface area contributed by atoms with E-state index in [1.165, 1.54) is 0 Å². The van der Waals surface area contributed by atoms with Crippen LogP contribution in [0.1, 0.15) is 10.4 Å². The van der Waals surface area contributed by atoms with Crippen molar-refractivity contribution < 1.29 is 9.53 Å². The Hall–Kier alpha value is -2.95. The van der Waals surface area contributed by atoms with Crippen LogP contribution in [0.3, 0.4) is 0 Å². The fraction of sp³-hybridized carbons (Fsp3) is 0.118. The number of aldehydes is 1. The lowest BCUT2D eigenvalue weighted by atomic mass is 10.1. The summed E-state index contributed by atoms with van der Waals surface area (Å²) in [5.41, 5.74) is 2.39. The first-order valence-corrected chi connectivity index (χ1v) is 6.82. The molecule has 0 aliphatic rings. The van der Waals surface area contributed by atoms with Crippen molar-refractivity contribution in [3.05, 3.63) is 54.1 Å². The summed E-state index contributed by atoms with van der Waals surface area (Å²) < 4.78 is 6.86. The van der Waals surface area contributed by atoms with Gasteiger partial charge in [0.05, 0.1) is 7.11 Å². The van der Waals surface area contributed by atoms with Gasteiger partial charge in [-0.3, -0.25) is 4.79 Å². The fourth-order valence-corrected chi connectivity index (χ4v) is 2.25. The fourth-order valence-electron chi connectivity index (χ4n) is 2.25. The maximum absolute atomic E-state index is 10.9. The van der Waals surface area contributed by atoms with E-state index in [4.69, 9.17) is 4.74 Å². The zero-order valence-electron chi connectivity index (χ0n) is 12.4. The average molecular weight is 293 g/mol. The molecule has 0 atom stereocenters. The molecule has 3 rings (SSSR count). The summed E-state index contributed by atoms with van der Waals surface area (Å²) in [7, 11) is 3.47. The molecule has 1 aromatic heterocycles. The third kappa shape index (κ3) is 2.61. The van der Waals surface area contributed by atoms with Crippen LogP contribution in [0.15, 0.2) is 48.5 Å². The Balaban J connectivity index is 2.00. The van der Waals surface area contributed by atoms with Crippen molar-refractivity contribution >= 4 is 6.29 Å². The molecule has 0 aliphatic heterocycles. The number of aromatic nitrogens is 3. The number of carbonyl (C=O) groups is 1. The molecule has 0 spiro atoms. The van der Waals surface area contributed by atoms with Crippen molar-refractivity contribution in [1.29, 1.82) is 0 Å². The van der Waals surface area contributed by atoms with Gasteiger partial charge in [0.1, 0.15) is 12.0 Å². The van der Waals surface area contributed by atoms with Gasteiger partial charge in [0.15, 0.2) is 11.6 Å². The Labute approximate surface area is 128 Å². The predicted molar refractivity (Wildman–Crippen MR) is 83.8 cm³/mol. The summed E-state index contributed by atoms with van der Waals surface area (Å²) >= 11 is 0. The first-order valence-electron chi connectivity index (χ1n) is 6.82. The third-order valence-electron chi connectivity index (χ3n) is 3.39. The largest absolute Gasteiger partial charge is 0.497 e. The maximum Gasteiger partial charge on any atom is 0.181 e. The SMILES string of the molecule is COc1ccc(-c2nc(-c3cccc(C=O)c3)n(C)n2)cc1. The molecule has 0 saturated heterocycles. The minimum absolute atomic E-state index is 0.617. The van der Waals surface area contributed by atoms with Gasteiger partial charge < -0.3 is 4.74 Å². The van der Waals surface area contributed by atoms with E-state index in [1.54, 1.807) is 23.9 Å². The topological polar surface area (TPSA) is 57.0 Å². The van der Waals surface area contributed by atoms with Gasteiger partial charge in [0.25, 0.3) is 0 Å². The average Bonchev–Trinajstić information content (AvgIpc) is 2.97. The van der Waals surface area contributed by atoms with Crippen LogP contribution in [0.25, 0.3) is 22.8 Å². The minimum atomic E-state index is 0.617. The summed E-state index contributed by atoms with van der Waals surface area (Å²) in [6.07, 6.45) is 0.824. The number of nitrogens with zero attached hydrogens (tertiary/aromatic N) is 3. The van der Waals surface area contributed by atoms with Crippen molar-refractivity contribution in [2.24, 2.45) is 7.05 Å². The molecule has 2 aromatic carbocycles. The maximum atomic E-state index is 10.9. The summed E-state index contributed by atoms with van der Waals surface area (Å²) in [5.74, 6) is 2.14. The molecule has 1 heterocycles. The van der Waals surface area contributed by atoms with Gasteiger partial charge in [0, 0.05) is 23.7 Å².